The van der Waals surface area contributed by atoms with E-state index < -0.39 is 0 Å². The summed E-state index contributed by atoms with van der Waals surface area (Å²) in [4.78, 5) is 13.6. The molecule has 92 valence electrons. The van der Waals surface area contributed by atoms with Gasteiger partial charge in [-0.1, -0.05) is 0 Å². The molecule has 17 heavy (non-hydrogen) atoms. The van der Waals surface area contributed by atoms with Crippen molar-refractivity contribution in [3.63, 3.8) is 0 Å². The Kier molecular flexibility index (Phi) is 3.49. The van der Waals surface area contributed by atoms with E-state index >= 15 is 0 Å². The van der Waals surface area contributed by atoms with Crippen molar-refractivity contribution in [1.29, 1.82) is 0 Å². The highest BCUT2D eigenvalue weighted by atomic mass is 16.5. The van der Waals surface area contributed by atoms with Crippen LogP contribution in [-0.2, 0) is 4.74 Å². The summed E-state index contributed by atoms with van der Waals surface area (Å²) in [6.07, 6.45) is 0. The number of hydrogen-bond donors (Lipinski definition) is 2. The number of carbonyl (C=O) groups excluding carboxylic acids is 1. The van der Waals surface area contributed by atoms with Crippen LogP contribution in [0.3, 0.4) is 0 Å². The van der Waals surface area contributed by atoms with Gasteiger partial charge in [-0.05, 0) is 18.2 Å². The monoisotopic (exact) mass is 235 g/mol. The lowest BCUT2D eigenvalue weighted by Gasteiger charge is -2.29. The number of ether oxygens (including phenoxy) is 1. The SMILES string of the molecule is CNC(=O)c1ccc(N2CCOCC2)c(N)c1. The molecule has 1 aromatic carbocycles. The van der Waals surface area contributed by atoms with E-state index in [1.807, 2.05) is 6.07 Å². The van der Waals surface area contributed by atoms with Gasteiger partial charge in [-0.2, -0.15) is 0 Å². The topological polar surface area (TPSA) is 67.6 Å². The lowest BCUT2D eigenvalue weighted by molar-refractivity contribution is 0.0963. The van der Waals surface area contributed by atoms with E-state index in [1.165, 1.54) is 0 Å². The van der Waals surface area contributed by atoms with Crippen molar-refractivity contribution in [3.8, 4) is 0 Å². The molecule has 5 heteroatoms. The number of anilines is 2. The number of morpholine rings is 1. The average Bonchev–Trinajstić information content (AvgIpc) is 2.38. The lowest BCUT2D eigenvalue weighted by atomic mass is 10.1. The largest absolute Gasteiger partial charge is 0.397 e. The summed E-state index contributed by atoms with van der Waals surface area (Å²) in [6, 6.07) is 5.40. The van der Waals surface area contributed by atoms with Crippen molar-refractivity contribution < 1.29 is 9.53 Å². The first-order valence-electron chi connectivity index (χ1n) is 5.66. The first kappa shape index (κ1) is 11.7. The molecule has 1 fully saturated rings. The molecule has 0 unspecified atom stereocenters. The van der Waals surface area contributed by atoms with Crippen LogP contribution < -0.4 is 16.0 Å². The Bertz CT molecular complexity index is 414. The Balaban J connectivity index is 2.21. The van der Waals surface area contributed by atoms with Crippen LogP contribution in [0.2, 0.25) is 0 Å². The molecule has 0 saturated carbocycles. The highest BCUT2D eigenvalue weighted by Gasteiger charge is 2.14. The minimum Gasteiger partial charge on any atom is -0.397 e. The molecule has 1 aliphatic rings. The molecule has 0 bridgehead atoms. The zero-order valence-electron chi connectivity index (χ0n) is 9.90. The third-order valence-corrected chi connectivity index (χ3v) is 2.87. The molecular weight excluding hydrogens is 218 g/mol. The number of nitrogens with two attached hydrogens (primary N) is 1. The molecule has 0 atom stereocenters. The summed E-state index contributed by atoms with van der Waals surface area (Å²) >= 11 is 0. The van der Waals surface area contributed by atoms with Crippen molar-refractivity contribution in [2.75, 3.05) is 44.0 Å². The van der Waals surface area contributed by atoms with Gasteiger partial charge in [0.15, 0.2) is 0 Å². The van der Waals surface area contributed by atoms with Crippen molar-refractivity contribution in [3.05, 3.63) is 23.8 Å². The number of benzene rings is 1. The third-order valence-electron chi connectivity index (χ3n) is 2.87. The Labute approximate surface area is 101 Å². The second-order valence-corrected chi connectivity index (χ2v) is 3.95. The van der Waals surface area contributed by atoms with Gasteiger partial charge < -0.3 is 20.7 Å². The summed E-state index contributed by atoms with van der Waals surface area (Å²) in [5.74, 6) is -0.120. The maximum absolute atomic E-state index is 11.5. The van der Waals surface area contributed by atoms with Crippen LogP contribution >= 0.6 is 0 Å². The van der Waals surface area contributed by atoms with E-state index in [4.69, 9.17) is 10.5 Å². The van der Waals surface area contributed by atoms with Gasteiger partial charge in [0.1, 0.15) is 0 Å². The van der Waals surface area contributed by atoms with E-state index in [9.17, 15) is 4.79 Å². The van der Waals surface area contributed by atoms with Gasteiger partial charge in [-0.15, -0.1) is 0 Å². The number of carbonyl (C=O) groups is 1. The van der Waals surface area contributed by atoms with Crippen LogP contribution in [0.25, 0.3) is 0 Å². The second kappa shape index (κ2) is 5.05. The standard InChI is InChI=1S/C12H17N3O2/c1-14-12(16)9-2-3-11(10(13)8-9)15-4-6-17-7-5-15/h2-3,8H,4-7,13H2,1H3,(H,14,16). The number of amides is 1. The molecule has 3 N–H and O–H groups in total. The smallest absolute Gasteiger partial charge is 0.251 e. The van der Waals surface area contributed by atoms with Gasteiger partial charge >= 0.3 is 0 Å². The van der Waals surface area contributed by atoms with Crippen LogP contribution in [0.15, 0.2) is 18.2 Å². The molecule has 1 saturated heterocycles. The van der Waals surface area contributed by atoms with Crippen molar-refractivity contribution in [2.24, 2.45) is 0 Å². The molecule has 1 heterocycles. The first-order chi connectivity index (χ1) is 8.22. The Hall–Kier alpha value is -1.75. The van der Waals surface area contributed by atoms with E-state index in [1.54, 1.807) is 19.2 Å². The van der Waals surface area contributed by atoms with Crippen LogP contribution in [0.5, 0.6) is 0 Å². The fraction of sp³-hybridized carbons (Fsp3) is 0.417. The Morgan fingerprint density at radius 1 is 1.41 bits per heavy atom. The normalized spacial score (nSPS) is 15.7. The minimum absolute atomic E-state index is 0.120. The molecule has 0 spiro atoms. The zero-order valence-corrected chi connectivity index (χ0v) is 9.90. The van der Waals surface area contributed by atoms with Crippen LogP contribution in [0.4, 0.5) is 11.4 Å². The molecular formula is C12H17N3O2. The summed E-state index contributed by atoms with van der Waals surface area (Å²) in [5, 5.41) is 2.58. The van der Waals surface area contributed by atoms with Crippen molar-refractivity contribution >= 4 is 17.3 Å². The molecule has 5 nitrogen and oxygen atoms in total. The predicted molar refractivity (Wildman–Crippen MR) is 67.3 cm³/mol. The maximum atomic E-state index is 11.5. The predicted octanol–water partition coefficient (Wildman–Crippen LogP) is 0.465. The Morgan fingerprint density at radius 3 is 2.71 bits per heavy atom. The average molecular weight is 235 g/mol. The van der Waals surface area contributed by atoms with Crippen LogP contribution in [-0.4, -0.2) is 39.3 Å². The highest BCUT2D eigenvalue weighted by Crippen LogP contribution is 2.25. The van der Waals surface area contributed by atoms with Crippen LogP contribution in [0.1, 0.15) is 10.4 Å². The van der Waals surface area contributed by atoms with E-state index in [0.29, 0.717) is 11.3 Å². The summed E-state index contributed by atoms with van der Waals surface area (Å²) in [5.41, 5.74) is 8.17. The summed E-state index contributed by atoms with van der Waals surface area (Å²) in [7, 11) is 1.61. The number of rotatable bonds is 2. The van der Waals surface area contributed by atoms with Gasteiger partial charge in [-0.3, -0.25) is 4.79 Å². The first-order valence-corrected chi connectivity index (χ1v) is 5.66. The number of nitrogens with one attached hydrogen (secondary N) is 1. The van der Waals surface area contributed by atoms with Gasteiger partial charge in [0.05, 0.1) is 24.6 Å². The maximum Gasteiger partial charge on any atom is 0.251 e. The minimum atomic E-state index is -0.120. The molecule has 2 rings (SSSR count). The van der Waals surface area contributed by atoms with Gasteiger partial charge in [0.25, 0.3) is 5.91 Å². The zero-order chi connectivity index (χ0) is 12.3. The lowest BCUT2D eigenvalue weighted by Crippen LogP contribution is -2.36. The molecule has 0 aliphatic carbocycles. The molecule has 0 aromatic heterocycles. The Morgan fingerprint density at radius 2 is 2.12 bits per heavy atom. The number of hydrogen-bond acceptors (Lipinski definition) is 4. The molecule has 1 aliphatic heterocycles. The van der Waals surface area contributed by atoms with Gasteiger partial charge in [-0.25, -0.2) is 0 Å². The summed E-state index contributed by atoms with van der Waals surface area (Å²) in [6.45, 7) is 3.11. The molecule has 1 aromatic rings. The summed E-state index contributed by atoms with van der Waals surface area (Å²) < 4.78 is 5.29. The second-order valence-electron chi connectivity index (χ2n) is 3.95. The molecule has 0 radical (unpaired) electrons. The molecule has 1 amide bonds. The third kappa shape index (κ3) is 2.50. The van der Waals surface area contributed by atoms with Crippen LogP contribution in [0, 0.1) is 0 Å². The van der Waals surface area contributed by atoms with Gasteiger partial charge in [0, 0.05) is 25.7 Å². The number of nitrogens with zero attached hydrogens (tertiary/aromatic N) is 1. The number of nitrogen functional groups attached to an aromatic ring is 1. The van der Waals surface area contributed by atoms with E-state index in [-0.39, 0.29) is 5.91 Å². The van der Waals surface area contributed by atoms with Gasteiger partial charge in [0.2, 0.25) is 0 Å². The highest BCUT2D eigenvalue weighted by molar-refractivity contribution is 5.96. The quantitative estimate of drug-likeness (QED) is 0.731. The van der Waals surface area contributed by atoms with E-state index in [2.05, 4.69) is 10.2 Å². The fourth-order valence-electron chi connectivity index (χ4n) is 1.93. The van der Waals surface area contributed by atoms with Crippen molar-refractivity contribution in [1.82, 2.24) is 5.32 Å². The fourth-order valence-corrected chi connectivity index (χ4v) is 1.93. The van der Waals surface area contributed by atoms with Crippen molar-refractivity contribution in [2.45, 2.75) is 0 Å². The van der Waals surface area contributed by atoms with E-state index in [0.717, 1.165) is 32.0 Å².